The largest absolute Gasteiger partial charge is 0.445 e. The molecule has 3 heterocycles. The minimum atomic E-state index is -0.257. The quantitative estimate of drug-likeness (QED) is 0.447. The molecule has 4 aromatic rings. The van der Waals surface area contributed by atoms with Crippen LogP contribution >= 0.6 is 11.6 Å². The Labute approximate surface area is 195 Å². The van der Waals surface area contributed by atoms with Gasteiger partial charge in [-0.2, -0.15) is 5.10 Å². The molecule has 0 aliphatic carbocycles. The number of oxazole rings is 1. The van der Waals surface area contributed by atoms with Crippen molar-refractivity contribution in [2.75, 3.05) is 13.1 Å². The molecule has 2 aromatic carbocycles. The highest BCUT2D eigenvalue weighted by Gasteiger charge is 2.28. The lowest BCUT2D eigenvalue weighted by atomic mass is 9.98. The first kappa shape index (κ1) is 21.4. The van der Waals surface area contributed by atoms with Crippen molar-refractivity contribution in [2.45, 2.75) is 31.7 Å². The Kier molecular flexibility index (Phi) is 5.96. The van der Waals surface area contributed by atoms with E-state index in [1.54, 1.807) is 23.4 Å². The Morgan fingerprint density at radius 2 is 1.94 bits per heavy atom. The molecule has 1 atom stereocenters. The molecule has 0 spiro atoms. The number of fused-ring (bicyclic) bond motifs is 1. The van der Waals surface area contributed by atoms with Gasteiger partial charge in [0.05, 0.1) is 23.7 Å². The Bertz CT molecular complexity index is 1360. The summed E-state index contributed by atoms with van der Waals surface area (Å²) in [5.41, 5.74) is 0.725. The SMILES string of the molecule is O=C(Cn1ncc2ccccc2c1=O)N1CCC[C@@H](c2ncc(Cc3ccccc3Cl)o2)C1. The van der Waals surface area contributed by atoms with E-state index in [0.29, 0.717) is 35.8 Å². The zero-order valence-corrected chi connectivity index (χ0v) is 18.7. The van der Waals surface area contributed by atoms with Gasteiger partial charge in [0.25, 0.3) is 5.56 Å². The molecule has 5 rings (SSSR count). The number of benzene rings is 2. The summed E-state index contributed by atoms with van der Waals surface area (Å²) in [6.07, 6.45) is 5.66. The third kappa shape index (κ3) is 4.54. The van der Waals surface area contributed by atoms with Crippen LogP contribution in [-0.2, 0) is 17.8 Å². The normalized spacial score (nSPS) is 16.3. The Morgan fingerprint density at radius 1 is 1.12 bits per heavy atom. The predicted molar refractivity (Wildman–Crippen MR) is 125 cm³/mol. The van der Waals surface area contributed by atoms with Gasteiger partial charge in [-0.3, -0.25) is 9.59 Å². The first-order valence-electron chi connectivity index (χ1n) is 11.0. The van der Waals surface area contributed by atoms with Crippen molar-refractivity contribution in [3.8, 4) is 0 Å². The minimum Gasteiger partial charge on any atom is -0.445 e. The summed E-state index contributed by atoms with van der Waals surface area (Å²) in [5.74, 6) is 1.26. The van der Waals surface area contributed by atoms with Crippen LogP contribution in [0.1, 0.15) is 36.0 Å². The molecule has 1 amide bonds. The third-order valence-electron chi connectivity index (χ3n) is 6.06. The standard InChI is InChI=1S/C25H23ClN4O3/c26-22-10-4-2-6-17(22)12-20-14-27-24(33-20)19-8-5-11-29(15-19)23(31)16-30-25(32)21-9-3-1-7-18(21)13-28-30/h1-4,6-7,9-10,13-14,19H,5,8,11-12,15-16H2/t19-/m1/s1. The lowest BCUT2D eigenvalue weighted by molar-refractivity contribution is -0.133. The second kappa shape index (κ2) is 9.19. The van der Waals surface area contributed by atoms with Crippen LogP contribution in [0.2, 0.25) is 5.02 Å². The summed E-state index contributed by atoms with van der Waals surface area (Å²) in [5, 5.41) is 6.20. The first-order chi connectivity index (χ1) is 16.1. The summed E-state index contributed by atoms with van der Waals surface area (Å²) < 4.78 is 7.26. The second-order valence-electron chi connectivity index (χ2n) is 8.31. The number of carbonyl (C=O) groups excluding carboxylic acids is 1. The molecule has 168 valence electrons. The molecule has 0 radical (unpaired) electrons. The monoisotopic (exact) mass is 462 g/mol. The predicted octanol–water partition coefficient (Wildman–Crippen LogP) is 4.03. The van der Waals surface area contributed by atoms with Gasteiger partial charge in [-0.1, -0.05) is 48.0 Å². The van der Waals surface area contributed by atoms with Crippen molar-refractivity contribution in [3.63, 3.8) is 0 Å². The molecular weight excluding hydrogens is 440 g/mol. The summed E-state index contributed by atoms with van der Waals surface area (Å²) in [6, 6.07) is 14.9. The number of carbonyl (C=O) groups is 1. The van der Waals surface area contributed by atoms with Crippen molar-refractivity contribution < 1.29 is 9.21 Å². The number of hydrogen-bond donors (Lipinski definition) is 0. The topological polar surface area (TPSA) is 81.2 Å². The number of piperidine rings is 1. The van der Waals surface area contributed by atoms with Crippen LogP contribution in [0.4, 0.5) is 0 Å². The van der Waals surface area contributed by atoms with Gasteiger partial charge in [-0.05, 0) is 30.5 Å². The van der Waals surface area contributed by atoms with Crippen LogP contribution in [0.15, 0.2) is 70.1 Å². The van der Waals surface area contributed by atoms with Crippen molar-refractivity contribution in [3.05, 3.63) is 93.5 Å². The van der Waals surface area contributed by atoms with E-state index >= 15 is 0 Å². The Hall–Kier alpha value is -3.45. The third-order valence-corrected chi connectivity index (χ3v) is 6.43. The highest BCUT2D eigenvalue weighted by atomic mass is 35.5. The molecular formula is C25H23ClN4O3. The van der Waals surface area contributed by atoms with E-state index in [2.05, 4.69) is 10.1 Å². The number of hydrogen-bond acceptors (Lipinski definition) is 5. The number of halogens is 1. The van der Waals surface area contributed by atoms with E-state index in [4.69, 9.17) is 16.0 Å². The van der Waals surface area contributed by atoms with E-state index in [1.165, 1.54) is 4.68 Å². The lowest BCUT2D eigenvalue weighted by Gasteiger charge is -2.31. The first-order valence-corrected chi connectivity index (χ1v) is 11.4. The molecule has 0 saturated carbocycles. The molecule has 1 aliphatic heterocycles. The number of likely N-dealkylation sites (tertiary alicyclic amines) is 1. The molecule has 2 aromatic heterocycles. The second-order valence-corrected chi connectivity index (χ2v) is 8.71. The number of aromatic nitrogens is 3. The van der Waals surface area contributed by atoms with Crippen LogP contribution in [-0.4, -0.2) is 38.7 Å². The highest BCUT2D eigenvalue weighted by Crippen LogP contribution is 2.28. The fraction of sp³-hybridized carbons (Fsp3) is 0.280. The van der Waals surface area contributed by atoms with Gasteiger partial charge < -0.3 is 9.32 Å². The summed E-state index contributed by atoms with van der Waals surface area (Å²) >= 11 is 6.26. The highest BCUT2D eigenvalue weighted by molar-refractivity contribution is 6.31. The Balaban J connectivity index is 1.27. The van der Waals surface area contributed by atoms with Gasteiger partial charge in [-0.15, -0.1) is 0 Å². The van der Waals surface area contributed by atoms with Crippen LogP contribution in [0.25, 0.3) is 10.8 Å². The molecule has 0 unspecified atom stereocenters. The minimum absolute atomic E-state index is 0.0176. The molecule has 1 saturated heterocycles. The molecule has 0 bridgehead atoms. The average molecular weight is 463 g/mol. The van der Waals surface area contributed by atoms with E-state index in [-0.39, 0.29) is 23.9 Å². The van der Waals surface area contributed by atoms with E-state index < -0.39 is 0 Å². The molecule has 1 aliphatic rings. The van der Waals surface area contributed by atoms with Crippen molar-refractivity contribution in [1.29, 1.82) is 0 Å². The van der Waals surface area contributed by atoms with Crippen LogP contribution in [0, 0.1) is 0 Å². The maximum absolute atomic E-state index is 13.0. The molecule has 7 nitrogen and oxygen atoms in total. The maximum Gasteiger partial charge on any atom is 0.275 e. The molecule has 33 heavy (non-hydrogen) atoms. The summed E-state index contributed by atoms with van der Waals surface area (Å²) in [7, 11) is 0. The summed E-state index contributed by atoms with van der Waals surface area (Å²) in [6.45, 7) is 1.07. The summed E-state index contributed by atoms with van der Waals surface area (Å²) in [4.78, 5) is 31.9. The van der Waals surface area contributed by atoms with Gasteiger partial charge in [0.1, 0.15) is 12.3 Å². The Morgan fingerprint density at radius 3 is 2.82 bits per heavy atom. The number of nitrogens with zero attached hydrogens (tertiary/aromatic N) is 4. The zero-order valence-electron chi connectivity index (χ0n) is 18.0. The zero-order chi connectivity index (χ0) is 22.8. The number of rotatable bonds is 5. The van der Waals surface area contributed by atoms with Gasteiger partial charge in [0.2, 0.25) is 5.91 Å². The van der Waals surface area contributed by atoms with Crippen LogP contribution in [0.3, 0.4) is 0 Å². The van der Waals surface area contributed by atoms with Crippen molar-refractivity contribution in [1.82, 2.24) is 19.7 Å². The van der Waals surface area contributed by atoms with Gasteiger partial charge in [-0.25, -0.2) is 9.67 Å². The van der Waals surface area contributed by atoms with Crippen LogP contribution in [0.5, 0.6) is 0 Å². The van der Waals surface area contributed by atoms with Gasteiger partial charge in [0.15, 0.2) is 5.89 Å². The average Bonchev–Trinajstić information content (AvgIpc) is 3.31. The maximum atomic E-state index is 13.0. The number of amides is 1. The van der Waals surface area contributed by atoms with Crippen LogP contribution < -0.4 is 5.56 Å². The van der Waals surface area contributed by atoms with E-state index in [1.807, 2.05) is 42.5 Å². The molecule has 1 fully saturated rings. The molecule has 0 N–H and O–H groups in total. The van der Waals surface area contributed by atoms with Gasteiger partial charge >= 0.3 is 0 Å². The van der Waals surface area contributed by atoms with E-state index in [9.17, 15) is 9.59 Å². The van der Waals surface area contributed by atoms with Crippen molar-refractivity contribution in [2.24, 2.45) is 0 Å². The molecule has 8 heteroatoms. The smallest absolute Gasteiger partial charge is 0.275 e. The van der Waals surface area contributed by atoms with Gasteiger partial charge in [0, 0.05) is 29.9 Å². The fourth-order valence-electron chi connectivity index (χ4n) is 4.30. The van der Waals surface area contributed by atoms with E-state index in [0.717, 1.165) is 29.6 Å². The lowest BCUT2D eigenvalue weighted by Crippen LogP contribution is -2.42. The van der Waals surface area contributed by atoms with Crippen molar-refractivity contribution >= 4 is 28.3 Å². The fourth-order valence-corrected chi connectivity index (χ4v) is 4.50.